The number of esters is 1. The van der Waals surface area contributed by atoms with Crippen molar-refractivity contribution in [1.29, 1.82) is 0 Å². The van der Waals surface area contributed by atoms with E-state index < -0.39 is 32.1 Å². The van der Waals surface area contributed by atoms with Crippen molar-refractivity contribution in [1.82, 2.24) is 9.03 Å². The van der Waals surface area contributed by atoms with Gasteiger partial charge >= 0.3 is 5.97 Å². The summed E-state index contributed by atoms with van der Waals surface area (Å²) in [5.41, 5.74) is 0. The molecule has 0 saturated carbocycles. The minimum atomic E-state index is -4.01. The summed E-state index contributed by atoms with van der Waals surface area (Å²) in [4.78, 5) is 11.9. The average molecular weight is 419 g/mol. The number of nitrogens with one attached hydrogen (secondary N) is 1. The quantitative estimate of drug-likeness (QED) is 0.638. The lowest BCUT2D eigenvalue weighted by Gasteiger charge is -2.22. The molecule has 1 heterocycles. The SMILES string of the molecule is CC[C@@H](C)[C@H](NS(=O)(=O)c1ccc(S(=O)(=O)N2CCCC2)cc1)C(=O)OC. The van der Waals surface area contributed by atoms with Gasteiger partial charge in [0.25, 0.3) is 0 Å². The highest BCUT2D eigenvalue weighted by atomic mass is 32.2. The molecule has 0 unspecified atom stereocenters. The molecule has 1 fully saturated rings. The van der Waals surface area contributed by atoms with E-state index in [1.165, 1.54) is 35.7 Å². The van der Waals surface area contributed by atoms with E-state index in [4.69, 9.17) is 0 Å². The lowest BCUT2D eigenvalue weighted by Crippen LogP contribution is -2.45. The van der Waals surface area contributed by atoms with Gasteiger partial charge in [0.05, 0.1) is 16.9 Å². The molecule has 1 N–H and O–H groups in total. The summed E-state index contributed by atoms with van der Waals surface area (Å²) in [6.07, 6.45) is 2.22. The van der Waals surface area contributed by atoms with Crippen LogP contribution in [0, 0.1) is 5.92 Å². The molecule has 1 aromatic carbocycles. The van der Waals surface area contributed by atoms with Gasteiger partial charge in [-0.1, -0.05) is 20.3 Å². The van der Waals surface area contributed by atoms with Crippen molar-refractivity contribution in [3.05, 3.63) is 24.3 Å². The van der Waals surface area contributed by atoms with E-state index in [2.05, 4.69) is 9.46 Å². The van der Waals surface area contributed by atoms with Crippen molar-refractivity contribution in [3.63, 3.8) is 0 Å². The summed E-state index contributed by atoms with van der Waals surface area (Å²) in [6, 6.07) is 4.00. The number of carbonyl (C=O) groups excluding carboxylic acids is 1. The normalized spacial score (nSPS) is 18.2. The Hall–Kier alpha value is -1.49. The van der Waals surface area contributed by atoms with Crippen LogP contribution in [0.5, 0.6) is 0 Å². The van der Waals surface area contributed by atoms with Crippen LogP contribution in [0.3, 0.4) is 0 Å². The number of methoxy groups -OCH3 is 1. The van der Waals surface area contributed by atoms with Gasteiger partial charge in [-0.3, -0.25) is 4.79 Å². The van der Waals surface area contributed by atoms with Gasteiger partial charge in [0.15, 0.2) is 0 Å². The van der Waals surface area contributed by atoms with Crippen molar-refractivity contribution >= 4 is 26.0 Å². The molecular weight excluding hydrogens is 392 g/mol. The maximum atomic E-state index is 12.6. The second kappa shape index (κ2) is 8.68. The minimum Gasteiger partial charge on any atom is -0.468 e. The summed E-state index contributed by atoms with van der Waals surface area (Å²) >= 11 is 0. The van der Waals surface area contributed by atoms with Crippen LogP contribution in [-0.2, 0) is 29.6 Å². The highest BCUT2D eigenvalue weighted by Crippen LogP contribution is 2.22. The van der Waals surface area contributed by atoms with Gasteiger partial charge in [0, 0.05) is 13.1 Å². The predicted molar refractivity (Wildman–Crippen MR) is 100 cm³/mol. The first-order valence-electron chi connectivity index (χ1n) is 8.84. The Morgan fingerprint density at radius 3 is 2.11 bits per heavy atom. The first kappa shape index (κ1) is 21.8. The maximum Gasteiger partial charge on any atom is 0.324 e. The van der Waals surface area contributed by atoms with Gasteiger partial charge in [-0.25, -0.2) is 16.8 Å². The molecule has 1 aromatic rings. The third-order valence-electron chi connectivity index (χ3n) is 4.79. The van der Waals surface area contributed by atoms with Gasteiger partial charge in [0.1, 0.15) is 6.04 Å². The standard InChI is InChI=1S/C17H26N2O6S2/c1-4-13(2)16(17(20)25-3)18-26(21,22)14-7-9-15(10-8-14)27(23,24)19-11-5-6-12-19/h7-10,13,16,18H,4-6,11-12H2,1-3H3/t13-,16+/m1/s1. The number of rotatable bonds is 8. The zero-order chi connectivity index (χ0) is 20.2. The largest absolute Gasteiger partial charge is 0.468 e. The van der Waals surface area contributed by atoms with Crippen LogP contribution in [0.1, 0.15) is 33.1 Å². The first-order chi connectivity index (χ1) is 12.6. The Kier molecular flexibility index (Phi) is 7.01. The predicted octanol–water partition coefficient (Wildman–Crippen LogP) is 1.34. The van der Waals surface area contributed by atoms with Gasteiger partial charge in [-0.05, 0) is 43.0 Å². The van der Waals surface area contributed by atoms with Crippen molar-refractivity contribution in [2.75, 3.05) is 20.2 Å². The molecule has 152 valence electrons. The van der Waals surface area contributed by atoms with Crippen LogP contribution in [0.2, 0.25) is 0 Å². The molecule has 1 aliphatic heterocycles. The highest BCUT2D eigenvalue weighted by molar-refractivity contribution is 7.89. The lowest BCUT2D eigenvalue weighted by molar-refractivity contribution is -0.143. The third-order valence-corrected chi connectivity index (χ3v) is 8.16. The average Bonchev–Trinajstić information content (AvgIpc) is 3.20. The first-order valence-corrected chi connectivity index (χ1v) is 11.8. The van der Waals surface area contributed by atoms with Gasteiger partial charge in [0.2, 0.25) is 20.0 Å². The number of benzene rings is 1. The number of hydrogen-bond acceptors (Lipinski definition) is 6. The van der Waals surface area contributed by atoms with Crippen molar-refractivity contribution < 1.29 is 26.4 Å². The Balaban J connectivity index is 2.25. The fourth-order valence-corrected chi connectivity index (χ4v) is 5.67. The van der Waals surface area contributed by atoms with E-state index in [-0.39, 0.29) is 15.7 Å². The number of hydrogen-bond donors (Lipinski definition) is 1. The molecule has 2 rings (SSSR count). The summed E-state index contributed by atoms with van der Waals surface area (Å²) in [7, 11) is -6.43. The van der Waals surface area contributed by atoms with E-state index in [1.807, 2.05) is 6.92 Å². The molecule has 0 aromatic heterocycles. The molecule has 0 radical (unpaired) electrons. The Morgan fingerprint density at radius 2 is 1.63 bits per heavy atom. The van der Waals surface area contributed by atoms with Crippen molar-refractivity contribution in [3.8, 4) is 0 Å². The molecule has 2 atom stereocenters. The summed E-state index contributed by atoms with van der Waals surface area (Å²) < 4.78 is 58.7. The number of carbonyl (C=O) groups is 1. The van der Waals surface area contributed by atoms with Crippen molar-refractivity contribution in [2.45, 2.75) is 48.9 Å². The molecule has 8 nitrogen and oxygen atoms in total. The summed E-state index contributed by atoms with van der Waals surface area (Å²) in [5, 5.41) is 0. The Morgan fingerprint density at radius 1 is 1.11 bits per heavy atom. The van der Waals surface area contributed by atoms with Crippen LogP contribution in [0.15, 0.2) is 34.1 Å². The Bertz CT molecular complexity index is 859. The molecular formula is C17H26N2O6S2. The highest BCUT2D eigenvalue weighted by Gasteiger charge is 2.31. The maximum absolute atomic E-state index is 12.6. The van der Waals surface area contributed by atoms with Gasteiger partial charge in [-0.15, -0.1) is 0 Å². The van der Waals surface area contributed by atoms with Crippen LogP contribution in [0.25, 0.3) is 0 Å². The molecule has 1 aliphatic rings. The van der Waals surface area contributed by atoms with Crippen LogP contribution >= 0.6 is 0 Å². The van der Waals surface area contributed by atoms with E-state index in [9.17, 15) is 21.6 Å². The smallest absolute Gasteiger partial charge is 0.324 e. The topological polar surface area (TPSA) is 110 Å². The molecule has 27 heavy (non-hydrogen) atoms. The second-order valence-electron chi connectivity index (χ2n) is 6.59. The van der Waals surface area contributed by atoms with E-state index >= 15 is 0 Å². The third kappa shape index (κ3) is 4.87. The fraction of sp³-hybridized carbons (Fsp3) is 0.588. The molecule has 0 aliphatic carbocycles. The fourth-order valence-electron chi connectivity index (χ4n) is 2.86. The Labute approximate surface area is 161 Å². The molecule has 1 saturated heterocycles. The van der Waals surface area contributed by atoms with Crippen LogP contribution < -0.4 is 4.72 Å². The molecule has 0 spiro atoms. The number of sulfonamides is 2. The molecule has 0 bridgehead atoms. The zero-order valence-electron chi connectivity index (χ0n) is 15.7. The van der Waals surface area contributed by atoms with Gasteiger partial charge < -0.3 is 4.74 Å². The second-order valence-corrected chi connectivity index (χ2v) is 10.2. The van der Waals surface area contributed by atoms with E-state index in [1.54, 1.807) is 6.92 Å². The minimum absolute atomic E-state index is 0.0507. The van der Waals surface area contributed by atoms with E-state index in [0.29, 0.717) is 19.5 Å². The monoisotopic (exact) mass is 418 g/mol. The summed E-state index contributed by atoms with van der Waals surface area (Å²) in [5.74, 6) is -0.928. The number of ether oxygens (including phenoxy) is 1. The zero-order valence-corrected chi connectivity index (χ0v) is 17.3. The van der Waals surface area contributed by atoms with Crippen molar-refractivity contribution in [2.24, 2.45) is 5.92 Å². The van der Waals surface area contributed by atoms with Crippen LogP contribution in [0.4, 0.5) is 0 Å². The van der Waals surface area contributed by atoms with E-state index in [0.717, 1.165) is 12.8 Å². The lowest BCUT2D eigenvalue weighted by atomic mass is 10.0. The van der Waals surface area contributed by atoms with Crippen LogP contribution in [-0.4, -0.2) is 53.4 Å². The molecule has 10 heteroatoms. The van der Waals surface area contributed by atoms with Gasteiger partial charge in [-0.2, -0.15) is 9.03 Å². The molecule has 0 amide bonds. The summed E-state index contributed by atoms with van der Waals surface area (Å²) in [6.45, 7) is 4.53. The number of nitrogens with zero attached hydrogens (tertiary/aromatic N) is 1.